The molecule has 0 atom stereocenters. The summed E-state index contributed by atoms with van der Waals surface area (Å²) in [6.07, 6.45) is 3.72. The average molecular weight is 407 g/mol. The fraction of sp³-hybridized carbons (Fsp3) is 0.360. The zero-order valence-corrected chi connectivity index (χ0v) is 18.5. The third-order valence-electron chi connectivity index (χ3n) is 4.88. The predicted molar refractivity (Wildman–Crippen MR) is 125 cm³/mol. The molecule has 0 unspecified atom stereocenters. The van der Waals surface area contributed by atoms with E-state index >= 15 is 0 Å². The minimum atomic E-state index is 0.189. The van der Waals surface area contributed by atoms with Crippen molar-refractivity contribution in [2.75, 3.05) is 6.54 Å². The fourth-order valence-corrected chi connectivity index (χ4v) is 3.42. The van der Waals surface area contributed by atoms with Gasteiger partial charge in [-0.3, -0.25) is 0 Å². The Hall–Kier alpha value is -2.64. The quantitative estimate of drug-likeness (QED) is 0.241. The topological polar surface area (TPSA) is 56.0 Å². The van der Waals surface area contributed by atoms with Crippen LogP contribution in [0.15, 0.2) is 48.0 Å². The van der Waals surface area contributed by atoms with Gasteiger partial charge in [0.15, 0.2) is 0 Å². The molecule has 0 aliphatic rings. The molecule has 29 heavy (non-hydrogen) atoms. The molecule has 0 aromatic heterocycles. The second kappa shape index (κ2) is 10.8. The van der Waals surface area contributed by atoms with Gasteiger partial charge >= 0.3 is 0 Å². The molecule has 0 bridgehead atoms. The number of hydrogen-bond donors (Lipinski definition) is 2. The molecule has 0 saturated carbocycles. The molecule has 2 N–H and O–H groups in total. The van der Waals surface area contributed by atoms with Crippen molar-refractivity contribution in [3.63, 3.8) is 0 Å². The number of aryl methyl sites for hydroxylation is 1. The fourth-order valence-electron chi connectivity index (χ4n) is 3.22. The number of thiocarbonyl (C=S) groups is 1. The predicted octanol–water partition coefficient (Wildman–Crippen LogP) is 6.10. The Morgan fingerprint density at radius 2 is 1.69 bits per heavy atom. The Morgan fingerprint density at radius 1 is 1.10 bits per heavy atom. The van der Waals surface area contributed by atoms with Gasteiger partial charge in [0.2, 0.25) is 0 Å². The molecule has 2 rings (SSSR count). The van der Waals surface area contributed by atoms with Gasteiger partial charge in [-0.15, -0.1) is 0 Å². The van der Waals surface area contributed by atoms with Gasteiger partial charge in [-0.2, -0.15) is 5.26 Å². The Kier molecular flexibility index (Phi) is 8.42. The zero-order valence-electron chi connectivity index (χ0n) is 17.7. The number of nitrogens with zero attached hydrogens (tertiary/aromatic N) is 1. The summed E-state index contributed by atoms with van der Waals surface area (Å²) in [7, 11) is 0. The monoisotopic (exact) mass is 406 g/mol. The highest BCUT2D eigenvalue weighted by Crippen LogP contribution is 2.35. The normalized spacial score (nSPS) is 11.6. The van der Waals surface area contributed by atoms with Crippen molar-refractivity contribution in [1.29, 1.82) is 5.26 Å². The van der Waals surface area contributed by atoms with Crippen LogP contribution in [0.4, 0.5) is 0 Å². The van der Waals surface area contributed by atoms with Gasteiger partial charge in [0.25, 0.3) is 0 Å². The lowest BCUT2D eigenvalue weighted by molar-refractivity contribution is 0.454. The first-order chi connectivity index (χ1) is 13.8. The summed E-state index contributed by atoms with van der Waals surface area (Å²) >= 11 is 5.45. The number of hydrogen-bond acceptors (Lipinski definition) is 3. The first kappa shape index (κ1) is 22.6. The van der Waals surface area contributed by atoms with Gasteiger partial charge in [-0.1, -0.05) is 70.2 Å². The van der Waals surface area contributed by atoms with E-state index in [1.165, 1.54) is 5.56 Å². The lowest BCUT2D eigenvalue weighted by atomic mass is 9.91. The first-order valence-corrected chi connectivity index (χ1v) is 10.5. The lowest BCUT2D eigenvalue weighted by Gasteiger charge is -2.17. The minimum Gasteiger partial charge on any atom is -0.507 e. The van der Waals surface area contributed by atoms with Crippen LogP contribution >= 0.6 is 12.2 Å². The van der Waals surface area contributed by atoms with Gasteiger partial charge in [-0.05, 0) is 65.1 Å². The van der Waals surface area contributed by atoms with Crippen LogP contribution in [-0.4, -0.2) is 16.6 Å². The summed E-state index contributed by atoms with van der Waals surface area (Å²) in [5, 5.41) is 23.4. The molecule has 2 aromatic rings. The summed E-state index contributed by atoms with van der Waals surface area (Å²) in [6, 6.07) is 16.4. The molecule has 0 fully saturated rings. The van der Waals surface area contributed by atoms with Crippen LogP contribution in [0.25, 0.3) is 6.08 Å². The van der Waals surface area contributed by atoms with Gasteiger partial charge < -0.3 is 10.4 Å². The molecule has 152 valence electrons. The van der Waals surface area contributed by atoms with Crippen molar-refractivity contribution in [2.24, 2.45) is 0 Å². The molecule has 0 aliphatic carbocycles. The molecular weight excluding hydrogens is 376 g/mol. The third kappa shape index (κ3) is 6.44. The van der Waals surface area contributed by atoms with Crippen molar-refractivity contribution in [1.82, 2.24) is 5.32 Å². The van der Waals surface area contributed by atoms with Crippen LogP contribution in [0.2, 0.25) is 0 Å². The minimum absolute atomic E-state index is 0.189. The van der Waals surface area contributed by atoms with Gasteiger partial charge in [0.1, 0.15) is 16.8 Å². The molecule has 0 spiro atoms. The number of rotatable bonds is 8. The van der Waals surface area contributed by atoms with Crippen LogP contribution in [0, 0.1) is 11.3 Å². The maximum absolute atomic E-state index is 10.6. The van der Waals surface area contributed by atoms with Gasteiger partial charge in [0.05, 0.1) is 5.57 Å². The first-order valence-electron chi connectivity index (χ1n) is 10.1. The van der Waals surface area contributed by atoms with Crippen LogP contribution < -0.4 is 5.32 Å². The Morgan fingerprint density at radius 3 is 2.21 bits per heavy atom. The Balaban J connectivity index is 2.12. The van der Waals surface area contributed by atoms with E-state index in [4.69, 9.17) is 12.2 Å². The van der Waals surface area contributed by atoms with E-state index in [2.05, 4.69) is 51.2 Å². The maximum Gasteiger partial charge on any atom is 0.122 e. The average Bonchev–Trinajstić information content (AvgIpc) is 2.70. The van der Waals surface area contributed by atoms with Crippen molar-refractivity contribution in [3.8, 4) is 11.8 Å². The van der Waals surface area contributed by atoms with Crippen LogP contribution in [-0.2, 0) is 6.42 Å². The van der Waals surface area contributed by atoms with E-state index in [1.54, 1.807) is 0 Å². The van der Waals surface area contributed by atoms with E-state index in [-0.39, 0.29) is 11.8 Å². The van der Waals surface area contributed by atoms with Crippen LogP contribution in [0.1, 0.15) is 68.2 Å². The highest BCUT2D eigenvalue weighted by molar-refractivity contribution is 7.80. The van der Waals surface area contributed by atoms with Gasteiger partial charge in [0, 0.05) is 6.54 Å². The summed E-state index contributed by atoms with van der Waals surface area (Å²) in [5.41, 5.74) is 4.40. The Bertz CT molecular complexity index is 879. The largest absolute Gasteiger partial charge is 0.507 e. The van der Waals surface area contributed by atoms with E-state index < -0.39 is 0 Å². The number of nitriles is 1. The highest BCUT2D eigenvalue weighted by Gasteiger charge is 2.15. The number of benzene rings is 2. The van der Waals surface area contributed by atoms with Crippen molar-refractivity contribution >= 4 is 23.3 Å². The summed E-state index contributed by atoms with van der Waals surface area (Å²) in [4.78, 5) is 0.464. The second-order valence-electron chi connectivity index (χ2n) is 7.87. The van der Waals surface area contributed by atoms with Crippen molar-refractivity contribution in [3.05, 3.63) is 70.3 Å². The highest BCUT2D eigenvalue weighted by atomic mass is 32.1. The summed E-state index contributed by atoms with van der Waals surface area (Å²) in [6.45, 7) is 8.93. The number of phenols is 1. The molecule has 0 aliphatic heterocycles. The third-order valence-corrected chi connectivity index (χ3v) is 5.25. The zero-order chi connectivity index (χ0) is 21.4. The molecule has 2 aromatic carbocycles. The van der Waals surface area contributed by atoms with Crippen molar-refractivity contribution < 1.29 is 5.11 Å². The second-order valence-corrected chi connectivity index (χ2v) is 8.28. The smallest absolute Gasteiger partial charge is 0.122 e. The number of phenolic OH excluding ortho intramolecular Hbond substituents is 1. The number of nitrogens with one attached hydrogen (secondary N) is 1. The maximum atomic E-state index is 10.6. The van der Waals surface area contributed by atoms with E-state index in [0.717, 1.165) is 36.1 Å². The van der Waals surface area contributed by atoms with Crippen LogP contribution in [0.3, 0.4) is 0 Å². The van der Waals surface area contributed by atoms with E-state index in [0.29, 0.717) is 16.3 Å². The molecular formula is C25H30N2OS. The summed E-state index contributed by atoms with van der Waals surface area (Å²) in [5.74, 6) is 0.733. The molecule has 0 radical (unpaired) electrons. The molecule has 0 amide bonds. The molecule has 0 heterocycles. The summed E-state index contributed by atoms with van der Waals surface area (Å²) < 4.78 is 0. The molecule has 4 heteroatoms. The van der Waals surface area contributed by atoms with Crippen LogP contribution in [0.5, 0.6) is 5.75 Å². The Labute approximate surface area is 180 Å². The molecule has 0 saturated heterocycles. The SMILES string of the molecule is CC(C)c1cc(/C=C(/C#N)C(=S)NCCCc2ccccc2)cc(C(C)C)c1O. The lowest BCUT2D eigenvalue weighted by Crippen LogP contribution is -2.24. The molecule has 3 nitrogen and oxygen atoms in total. The standard InChI is InChI=1S/C25H30N2OS/c1-17(2)22-14-20(15-23(18(3)4)24(22)28)13-21(16-26)25(29)27-12-8-11-19-9-6-5-7-10-19/h5-7,9-10,13-15,17-18,28H,8,11-12H2,1-4H3,(H,27,29)/b21-13-. The van der Waals surface area contributed by atoms with Crippen molar-refractivity contribution in [2.45, 2.75) is 52.4 Å². The number of aromatic hydroxyl groups is 1. The van der Waals surface area contributed by atoms with Gasteiger partial charge in [-0.25, -0.2) is 0 Å². The van der Waals surface area contributed by atoms with E-state index in [1.807, 2.05) is 36.4 Å². The van der Waals surface area contributed by atoms with E-state index in [9.17, 15) is 10.4 Å².